The minimum absolute atomic E-state index is 0.254. The highest BCUT2D eigenvalue weighted by atomic mass is 35.5. The normalized spacial score (nSPS) is 25.7. The third kappa shape index (κ3) is 2.94. The largest absolute Gasteiger partial charge is 0.204 e. The van der Waals surface area contributed by atoms with Crippen molar-refractivity contribution in [3.63, 3.8) is 0 Å². The molecule has 1 aromatic carbocycles. The van der Waals surface area contributed by atoms with Gasteiger partial charge in [0, 0.05) is 5.38 Å². The maximum absolute atomic E-state index is 13.0. The van der Waals surface area contributed by atoms with Crippen molar-refractivity contribution in [3.05, 3.63) is 35.4 Å². The van der Waals surface area contributed by atoms with Crippen LogP contribution in [0.15, 0.2) is 18.2 Å². The van der Waals surface area contributed by atoms with Crippen LogP contribution in [0.25, 0.3) is 0 Å². The summed E-state index contributed by atoms with van der Waals surface area (Å²) in [5, 5.41) is 0.254. The van der Waals surface area contributed by atoms with Crippen molar-refractivity contribution < 1.29 is 8.78 Å². The lowest BCUT2D eigenvalue weighted by molar-refractivity contribution is 0.360. The van der Waals surface area contributed by atoms with Crippen molar-refractivity contribution in [2.45, 2.75) is 37.5 Å². The van der Waals surface area contributed by atoms with Crippen LogP contribution in [0.2, 0.25) is 0 Å². The van der Waals surface area contributed by atoms with Crippen LogP contribution in [0.5, 0.6) is 0 Å². The Morgan fingerprint density at radius 2 is 2.00 bits per heavy atom. The first-order valence-corrected chi connectivity index (χ1v) is 6.17. The molecule has 3 heteroatoms. The predicted octanol–water partition coefficient (Wildman–Crippen LogP) is 4.30. The van der Waals surface area contributed by atoms with Gasteiger partial charge in [0.2, 0.25) is 0 Å². The standard InChI is InChI=1S/C13H15ClF2/c14-11-3-1-2-9(7-11)6-10-4-5-12(15)13(16)8-10/h4-5,8-9,11H,1-3,6-7H2. The topological polar surface area (TPSA) is 0 Å². The van der Waals surface area contributed by atoms with Gasteiger partial charge in [0.1, 0.15) is 0 Å². The molecular weight excluding hydrogens is 230 g/mol. The molecule has 0 aliphatic heterocycles. The second kappa shape index (κ2) is 5.13. The Labute approximate surface area is 99.6 Å². The second-order valence-electron chi connectivity index (χ2n) is 4.58. The number of alkyl halides is 1. The Morgan fingerprint density at radius 1 is 1.19 bits per heavy atom. The lowest BCUT2D eigenvalue weighted by atomic mass is 9.84. The molecule has 0 aromatic heterocycles. The van der Waals surface area contributed by atoms with Crippen molar-refractivity contribution in [3.8, 4) is 0 Å². The van der Waals surface area contributed by atoms with Crippen LogP contribution in [0.1, 0.15) is 31.2 Å². The minimum Gasteiger partial charge on any atom is -0.204 e. The van der Waals surface area contributed by atoms with Crippen LogP contribution >= 0.6 is 11.6 Å². The molecule has 16 heavy (non-hydrogen) atoms. The summed E-state index contributed by atoms with van der Waals surface area (Å²) < 4.78 is 25.8. The van der Waals surface area contributed by atoms with Gasteiger partial charge in [0.15, 0.2) is 11.6 Å². The molecule has 0 bridgehead atoms. The molecule has 0 nitrogen and oxygen atoms in total. The van der Waals surface area contributed by atoms with Gasteiger partial charge in [-0.1, -0.05) is 18.9 Å². The molecule has 0 spiro atoms. The highest BCUT2D eigenvalue weighted by Crippen LogP contribution is 2.30. The highest BCUT2D eigenvalue weighted by Gasteiger charge is 2.20. The molecule has 0 amide bonds. The Balaban J connectivity index is 2.00. The SMILES string of the molecule is Fc1ccc(CC2CCCC(Cl)C2)cc1F. The molecule has 0 heterocycles. The molecule has 2 atom stereocenters. The molecule has 2 unspecified atom stereocenters. The first kappa shape index (κ1) is 11.8. The minimum atomic E-state index is -0.775. The van der Waals surface area contributed by atoms with Gasteiger partial charge in [-0.15, -0.1) is 11.6 Å². The van der Waals surface area contributed by atoms with Crippen LogP contribution in [-0.4, -0.2) is 5.38 Å². The predicted molar refractivity (Wildman–Crippen MR) is 61.7 cm³/mol. The van der Waals surface area contributed by atoms with Crippen molar-refractivity contribution in [1.29, 1.82) is 0 Å². The van der Waals surface area contributed by atoms with E-state index in [4.69, 9.17) is 11.6 Å². The Hall–Kier alpha value is -0.630. The second-order valence-corrected chi connectivity index (χ2v) is 5.20. The van der Waals surface area contributed by atoms with E-state index < -0.39 is 11.6 Å². The summed E-state index contributed by atoms with van der Waals surface area (Å²) in [6.45, 7) is 0. The van der Waals surface area contributed by atoms with Gasteiger partial charge in [-0.05, 0) is 42.9 Å². The van der Waals surface area contributed by atoms with Crippen LogP contribution in [0.3, 0.4) is 0 Å². The molecule has 1 saturated carbocycles. The zero-order valence-electron chi connectivity index (χ0n) is 9.06. The molecule has 1 aliphatic carbocycles. The number of halogens is 3. The summed E-state index contributed by atoms with van der Waals surface area (Å²) in [6.07, 6.45) is 5.15. The zero-order chi connectivity index (χ0) is 11.5. The van der Waals surface area contributed by atoms with Crippen LogP contribution in [-0.2, 0) is 6.42 Å². The number of hydrogen-bond acceptors (Lipinski definition) is 0. The van der Waals surface area contributed by atoms with Crippen LogP contribution in [0.4, 0.5) is 8.78 Å². The van der Waals surface area contributed by atoms with Crippen molar-refractivity contribution in [1.82, 2.24) is 0 Å². The smallest absolute Gasteiger partial charge is 0.159 e. The number of rotatable bonds is 2. The molecule has 88 valence electrons. The van der Waals surface area contributed by atoms with Crippen LogP contribution < -0.4 is 0 Å². The molecule has 1 fully saturated rings. The van der Waals surface area contributed by atoms with Gasteiger partial charge in [-0.3, -0.25) is 0 Å². The van der Waals surface area contributed by atoms with E-state index in [0.29, 0.717) is 5.92 Å². The molecule has 2 rings (SSSR count). The molecule has 0 radical (unpaired) electrons. The summed E-state index contributed by atoms with van der Waals surface area (Å²) in [6, 6.07) is 4.16. The summed E-state index contributed by atoms with van der Waals surface area (Å²) in [4.78, 5) is 0. The van der Waals surface area contributed by atoms with Gasteiger partial charge in [0.25, 0.3) is 0 Å². The van der Waals surface area contributed by atoms with E-state index in [2.05, 4.69) is 0 Å². The summed E-state index contributed by atoms with van der Waals surface area (Å²) >= 11 is 6.10. The van der Waals surface area contributed by atoms with E-state index in [0.717, 1.165) is 37.7 Å². The molecular formula is C13H15ClF2. The maximum Gasteiger partial charge on any atom is 0.159 e. The molecule has 0 saturated heterocycles. The maximum atomic E-state index is 13.0. The van der Waals surface area contributed by atoms with E-state index in [1.54, 1.807) is 6.07 Å². The van der Waals surface area contributed by atoms with E-state index in [1.165, 1.54) is 12.1 Å². The lowest BCUT2D eigenvalue weighted by Gasteiger charge is -2.25. The fraction of sp³-hybridized carbons (Fsp3) is 0.538. The van der Waals surface area contributed by atoms with Crippen molar-refractivity contribution >= 4 is 11.6 Å². The molecule has 1 aliphatic rings. The first-order valence-electron chi connectivity index (χ1n) is 5.73. The van der Waals surface area contributed by atoms with Gasteiger partial charge >= 0.3 is 0 Å². The summed E-state index contributed by atoms with van der Waals surface area (Å²) in [5.41, 5.74) is 0.870. The Kier molecular flexibility index (Phi) is 3.80. The van der Waals surface area contributed by atoms with Crippen molar-refractivity contribution in [2.24, 2.45) is 5.92 Å². The number of benzene rings is 1. The van der Waals surface area contributed by atoms with E-state index in [9.17, 15) is 8.78 Å². The van der Waals surface area contributed by atoms with Gasteiger partial charge in [-0.2, -0.15) is 0 Å². The monoisotopic (exact) mass is 244 g/mol. The third-order valence-electron chi connectivity index (χ3n) is 3.23. The zero-order valence-corrected chi connectivity index (χ0v) is 9.81. The van der Waals surface area contributed by atoms with E-state index in [1.807, 2.05) is 0 Å². The van der Waals surface area contributed by atoms with Crippen LogP contribution in [0, 0.1) is 17.6 Å². The Bertz CT molecular complexity index is 365. The quantitative estimate of drug-likeness (QED) is 0.681. The lowest BCUT2D eigenvalue weighted by Crippen LogP contribution is -2.17. The average molecular weight is 245 g/mol. The fourth-order valence-corrected chi connectivity index (χ4v) is 2.82. The van der Waals surface area contributed by atoms with Gasteiger partial charge < -0.3 is 0 Å². The summed E-state index contributed by atoms with van der Waals surface area (Å²) in [7, 11) is 0. The van der Waals surface area contributed by atoms with E-state index in [-0.39, 0.29) is 5.38 Å². The van der Waals surface area contributed by atoms with Crippen molar-refractivity contribution in [2.75, 3.05) is 0 Å². The van der Waals surface area contributed by atoms with E-state index >= 15 is 0 Å². The Morgan fingerprint density at radius 3 is 2.69 bits per heavy atom. The third-order valence-corrected chi connectivity index (χ3v) is 3.62. The molecule has 0 N–H and O–H groups in total. The van der Waals surface area contributed by atoms with Gasteiger partial charge in [-0.25, -0.2) is 8.78 Å². The summed E-state index contributed by atoms with van der Waals surface area (Å²) in [5.74, 6) is -1.01. The highest BCUT2D eigenvalue weighted by molar-refractivity contribution is 6.20. The number of hydrogen-bond donors (Lipinski definition) is 0. The molecule has 1 aromatic rings. The first-order chi connectivity index (χ1) is 7.65. The fourth-order valence-electron chi connectivity index (χ4n) is 2.41. The van der Waals surface area contributed by atoms with Gasteiger partial charge in [0.05, 0.1) is 0 Å². The average Bonchev–Trinajstić information content (AvgIpc) is 2.24.